The van der Waals surface area contributed by atoms with Gasteiger partial charge in [-0.1, -0.05) is 54.1 Å². The second kappa shape index (κ2) is 11.1. The van der Waals surface area contributed by atoms with Crippen molar-refractivity contribution in [1.82, 2.24) is 19.8 Å². The van der Waals surface area contributed by atoms with Gasteiger partial charge in [0.25, 0.3) is 0 Å². The van der Waals surface area contributed by atoms with Gasteiger partial charge in [0.2, 0.25) is 5.91 Å². The number of anilines is 1. The summed E-state index contributed by atoms with van der Waals surface area (Å²) in [7, 11) is 0. The number of pyridine rings is 1. The van der Waals surface area contributed by atoms with Crippen LogP contribution in [0.2, 0.25) is 5.02 Å². The molecule has 1 saturated heterocycles. The lowest BCUT2D eigenvalue weighted by Crippen LogP contribution is -2.33. The molecule has 6 rings (SSSR count). The molecule has 0 radical (unpaired) electrons. The average Bonchev–Trinajstić information content (AvgIpc) is 3.58. The highest BCUT2D eigenvalue weighted by atomic mass is 35.5. The number of hydrogen-bond acceptors (Lipinski definition) is 3. The Balaban J connectivity index is 1.30. The standard InChI is InChI=1S/C32H28ClN5OS/c1-21-20-23(14-15-25(21)33)37-18-7-13-28(37)31-30(27-11-4-5-17-34-27)36-32(40)38(31)19-16-29(39)35-26-12-6-9-22-8-2-3-10-24(22)26/h2-15,17-18,20,30-31H,16,19H2,1H3,(H,35,39)(H,36,40)/t30-,31+/m0/s1. The lowest BCUT2D eigenvalue weighted by atomic mass is 10.0. The zero-order chi connectivity index (χ0) is 27.6. The van der Waals surface area contributed by atoms with Gasteiger partial charge in [-0.3, -0.25) is 9.78 Å². The van der Waals surface area contributed by atoms with Crippen LogP contribution in [-0.4, -0.2) is 32.0 Å². The predicted molar refractivity (Wildman–Crippen MR) is 165 cm³/mol. The van der Waals surface area contributed by atoms with Crippen molar-refractivity contribution in [1.29, 1.82) is 0 Å². The van der Waals surface area contributed by atoms with E-state index < -0.39 is 0 Å². The maximum atomic E-state index is 13.2. The van der Waals surface area contributed by atoms with Crippen molar-refractivity contribution < 1.29 is 4.79 Å². The normalized spacial score (nSPS) is 16.8. The number of halogens is 1. The van der Waals surface area contributed by atoms with Crippen LogP contribution in [0.3, 0.4) is 0 Å². The molecule has 0 aliphatic carbocycles. The molecule has 2 aromatic heterocycles. The highest BCUT2D eigenvalue weighted by Gasteiger charge is 2.41. The van der Waals surface area contributed by atoms with Crippen molar-refractivity contribution in [3.05, 3.63) is 125 Å². The average molecular weight is 566 g/mol. The van der Waals surface area contributed by atoms with Gasteiger partial charge in [0, 0.05) is 52.8 Å². The molecule has 40 heavy (non-hydrogen) atoms. The number of carbonyl (C=O) groups excluding carboxylic acids is 1. The molecule has 6 nitrogen and oxygen atoms in total. The minimum absolute atomic E-state index is 0.0668. The molecule has 0 bridgehead atoms. The molecule has 3 aromatic carbocycles. The Morgan fingerprint density at radius 2 is 1.85 bits per heavy atom. The molecule has 1 fully saturated rings. The first-order chi connectivity index (χ1) is 19.5. The third kappa shape index (κ3) is 5.06. The second-order valence-corrected chi connectivity index (χ2v) is 10.7. The topological polar surface area (TPSA) is 62.2 Å². The lowest BCUT2D eigenvalue weighted by molar-refractivity contribution is -0.116. The maximum Gasteiger partial charge on any atom is 0.226 e. The van der Waals surface area contributed by atoms with Crippen molar-refractivity contribution in [2.24, 2.45) is 0 Å². The fraction of sp³-hybridized carbons (Fsp3) is 0.156. The Bertz CT molecular complexity index is 1700. The van der Waals surface area contributed by atoms with E-state index in [1.165, 1.54) is 0 Å². The first kappa shape index (κ1) is 26.0. The summed E-state index contributed by atoms with van der Waals surface area (Å²) < 4.78 is 2.16. The molecule has 0 spiro atoms. The number of benzene rings is 3. The number of nitrogens with zero attached hydrogens (tertiary/aromatic N) is 3. The summed E-state index contributed by atoms with van der Waals surface area (Å²) in [6.07, 6.45) is 4.11. The number of aromatic nitrogens is 2. The van der Waals surface area contributed by atoms with Gasteiger partial charge in [-0.25, -0.2) is 0 Å². The highest BCUT2D eigenvalue weighted by Crippen LogP contribution is 2.40. The number of hydrogen-bond donors (Lipinski definition) is 2. The largest absolute Gasteiger partial charge is 0.352 e. The Hall–Kier alpha value is -4.20. The van der Waals surface area contributed by atoms with Crippen LogP contribution in [0.4, 0.5) is 5.69 Å². The highest BCUT2D eigenvalue weighted by molar-refractivity contribution is 7.80. The number of aryl methyl sites for hydroxylation is 1. The van der Waals surface area contributed by atoms with Crippen molar-refractivity contribution in [3.63, 3.8) is 0 Å². The van der Waals surface area contributed by atoms with E-state index in [9.17, 15) is 4.79 Å². The number of fused-ring (bicyclic) bond motifs is 1. The van der Waals surface area contributed by atoms with Crippen molar-refractivity contribution in [2.45, 2.75) is 25.4 Å². The van der Waals surface area contributed by atoms with Crippen LogP contribution in [0.25, 0.3) is 16.5 Å². The number of rotatable bonds is 7. The van der Waals surface area contributed by atoms with Gasteiger partial charge >= 0.3 is 0 Å². The smallest absolute Gasteiger partial charge is 0.226 e. The SMILES string of the molecule is Cc1cc(-n2cccc2[C@@H]2[C@H](c3ccccn3)NC(=S)N2CCC(=O)Nc2cccc3ccccc23)ccc1Cl. The third-order valence-electron chi connectivity index (χ3n) is 7.34. The lowest BCUT2D eigenvalue weighted by Gasteiger charge is -2.29. The zero-order valence-corrected chi connectivity index (χ0v) is 23.5. The molecule has 3 heterocycles. The Morgan fingerprint density at radius 3 is 2.67 bits per heavy atom. The van der Waals surface area contributed by atoms with Gasteiger partial charge in [-0.2, -0.15) is 0 Å². The molecule has 2 atom stereocenters. The van der Waals surface area contributed by atoms with E-state index in [2.05, 4.69) is 37.2 Å². The molecule has 0 saturated carbocycles. The Morgan fingerprint density at radius 1 is 1.02 bits per heavy atom. The van der Waals surface area contributed by atoms with Crippen molar-refractivity contribution in [2.75, 3.05) is 11.9 Å². The van der Waals surface area contributed by atoms with E-state index in [1.807, 2.05) is 92.0 Å². The maximum absolute atomic E-state index is 13.2. The summed E-state index contributed by atoms with van der Waals surface area (Å²) >= 11 is 12.2. The molecule has 8 heteroatoms. The quantitative estimate of drug-likeness (QED) is 0.208. The first-order valence-electron chi connectivity index (χ1n) is 13.2. The second-order valence-electron chi connectivity index (χ2n) is 9.88. The van der Waals surface area contributed by atoms with Crippen LogP contribution in [0, 0.1) is 6.92 Å². The van der Waals surface area contributed by atoms with Gasteiger partial charge in [0.1, 0.15) is 0 Å². The van der Waals surface area contributed by atoms with Gasteiger partial charge in [0.05, 0.1) is 17.8 Å². The van der Waals surface area contributed by atoms with Crippen LogP contribution in [-0.2, 0) is 4.79 Å². The molecule has 200 valence electrons. The third-order valence-corrected chi connectivity index (χ3v) is 8.12. The van der Waals surface area contributed by atoms with E-state index in [1.54, 1.807) is 6.20 Å². The van der Waals surface area contributed by atoms with Gasteiger partial charge < -0.3 is 20.1 Å². The van der Waals surface area contributed by atoms with Crippen LogP contribution >= 0.6 is 23.8 Å². The molecule has 5 aromatic rings. The van der Waals surface area contributed by atoms with Crippen LogP contribution in [0.5, 0.6) is 0 Å². The number of thiocarbonyl (C=S) groups is 1. The van der Waals surface area contributed by atoms with E-state index in [-0.39, 0.29) is 24.4 Å². The molecular formula is C32H28ClN5OS. The summed E-state index contributed by atoms with van der Waals surface area (Å²) in [5.41, 5.74) is 4.74. The summed E-state index contributed by atoms with van der Waals surface area (Å²) in [5, 5.41) is 10.0. The number of nitrogens with one attached hydrogen (secondary N) is 2. The zero-order valence-electron chi connectivity index (χ0n) is 21.9. The molecule has 2 N–H and O–H groups in total. The van der Waals surface area contributed by atoms with Crippen LogP contribution < -0.4 is 10.6 Å². The summed E-state index contributed by atoms with van der Waals surface area (Å²) in [4.78, 5) is 19.9. The Kier molecular flexibility index (Phi) is 7.24. The fourth-order valence-electron chi connectivity index (χ4n) is 5.39. The van der Waals surface area contributed by atoms with E-state index >= 15 is 0 Å². The van der Waals surface area contributed by atoms with Crippen LogP contribution in [0.15, 0.2) is 103 Å². The van der Waals surface area contributed by atoms with Crippen molar-refractivity contribution in [3.8, 4) is 5.69 Å². The first-order valence-corrected chi connectivity index (χ1v) is 14.0. The fourth-order valence-corrected chi connectivity index (χ4v) is 5.84. The minimum Gasteiger partial charge on any atom is -0.352 e. The van der Waals surface area contributed by atoms with Crippen molar-refractivity contribution >= 4 is 51.3 Å². The molecule has 1 aliphatic rings. The predicted octanol–water partition coefficient (Wildman–Crippen LogP) is 6.99. The minimum atomic E-state index is -0.183. The van der Waals surface area contributed by atoms with Gasteiger partial charge in [0.15, 0.2) is 5.11 Å². The molecule has 1 aliphatic heterocycles. The Labute approximate surface area is 243 Å². The van der Waals surface area contributed by atoms with Gasteiger partial charge in [-0.05, 0) is 78.6 Å². The number of carbonyl (C=O) groups is 1. The molecule has 1 amide bonds. The molecular weight excluding hydrogens is 538 g/mol. The van der Waals surface area contributed by atoms with E-state index in [0.717, 1.165) is 44.1 Å². The van der Waals surface area contributed by atoms with Crippen LogP contribution in [0.1, 0.15) is 35.5 Å². The summed E-state index contributed by atoms with van der Waals surface area (Å²) in [6, 6.07) is 29.6. The van der Waals surface area contributed by atoms with E-state index in [4.69, 9.17) is 23.8 Å². The number of amides is 1. The van der Waals surface area contributed by atoms with Gasteiger partial charge in [-0.15, -0.1) is 0 Å². The monoisotopic (exact) mass is 565 g/mol. The summed E-state index contributed by atoms with van der Waals surface area (Å²) in [5.74, 6) is -0.0668. The summed E-state index contributed by atoms with van der Waals surface area (Å²) in [6.45, 7) is 2.44. The molecule has 0 unspecified atom stereocenters. The van der Waals surface area contributed by atoms with E-state index in [0.29, 0.717) is 11.7 Å².